The lowest BCUT2D eigenvalue weighted by Gasteiger charge is -2.33. The first-order valence-corrected chi connectivity index (χ1v) is 7.64. The number of carbonyl (C=O) groups excluding carboxylic acids is 1. The summed E-state index contributed by atoms with van der Waals surface area (Å²) in [7, 11) is 0. The number of hydrogen-bond acceptors (Lipinski definition) is 3. The zero-order valence-corrected chi connectivity index (χ0v) is 12.7. The van der Waals surface area contributed by atoms with Gasteiger partial charge in [0.05, 0.1) is 11.8 Å². The van der Waals surface area contributed by atoms with Crippen molar-refractivity contribution < 1.29 is 19.4 Å². The summed E-state index contributed by atoms with van der Waals surface area (Å²) in [5, 5.41) is 8.78. The molecule has 0 unspecified atom stereocenters. The molecule has 1 aliphatic carbocycles. The summed E-state index contributed by atoms with van der Waals surface area (Å²) in [6.45, 7) is 6.02. The van der Waals surface area contributed by atoms with Gasteiger partial charge in [0.1, 0.15) is 0 Å². The molecule has 116 valence electrons. The zero-order valence-electron chi connectivity index (χ0n) is 12.7. The number of aliphatic carboxylic acids is 1. The van der Waals surface area contributed by atoms with E-state index in [2.05, 4.69) is 0 Å². The minimum Gasteiger partial charge on any atom is -0.481 e. The van der Waals surface area contributed by atoms with Gasteiger partial charge in [0.15, 0.2) is 0 Å². The van der Waals surface area contributed by atoms with Gasteiger partial charge in [-0.2, -0.15) is 0 Å². The summed E-state index contributed by atoms with van der Waals surface area (Å²) < 4.78 is 5.42. The molecular weight excluding hydrogens is 258 g/mol. The second-order valence-corrected chi connectivity index (χ2v) is 5.46. The molecule has 5 heteroatoms. The highest BCUT2D eigenvalue weighted by molar-refractivity contribution is 5.83. The molecule has 0 aliphatic heterocycles. The van der Waals surface area contributed by atoms with Crippen LogP contribution in [0.4, 0.5) is 0 Å². The van der Waals surface area contributed by atoms with Gasteiger partial charge in [-0.25, -0.2) is 0 Å². The summed E-state index contributed by atoms with van der Waals surface area (Å²) in [4.78, 5) is 25.2. The fourth-order valence-electron chi connectivity index (χ4n) is 3.00. The number of amides is 1. The Morgan fingerprint density at radius 3 is 2.40 bits per heavy atom. The maximum absolute atomic E-state index is 12.8. The fraction of sp³-hybridized carbons (Fsp3) is 0.867. The molecule has 0 bridgehead atoms. The van der Waals surface area contributed by atoms with Crippen LogP contribution in [0.25, 0.3) is 0 Å². The van der Waals surface area contributed by atoms with Crippen LogP contribution in [0.15, 0.2) is 0 Å². The quantitative estimate of drug-likeness (QED) is 0.660. The Labute approximate surface area is 121 Å². The number of nitrogens with zero attached hydrogens (tertiary/aromatic N) is 1. The van der Waals surface area contributed by atoms with Crippen molar-refractivity contribution in [1.29, 1.82) is 0 Å². The monoisotopic (exact) mass is 285 g/mol. The highest BCUT2D eigenvalue weighted by Crippen LogP contribution is 2.42. The molecule has 1 N–H and O–H groups in total. The molecule has 1 saturated carbocycles. The maximum atomic E-state index is 12.8. The number of carbonyl (C=O) groups is 2. The third kappa shape index (κ3) is 4.47. The molecule has 0 atom stereocenters. The number of rotatable bonds is 9. The topological polar surface area (TPSA) is 66.8 Å². The SMILES string of the molecule is CCOCCC1(C(=O)N(CC)CCC(=O)O)CCCC1. The lowest BCUT2D eigenvalue weighted by atomic mass is 9.81. The Hall–Kier alpha value is -1.10. The molecule has 0 saturated heterocycles. The molecule has 1 rings (SSSR count). The Kier molecular flexibility index (Phi) is 6.99. The van der Waals surface area contributed by atoms with Gasteiger partial charge in [-0.15, -0.1) is 0 Å². The van der Waals surface area contributed by atoms with Crippen LogP contribution in [-0.4, -0.2) is 48.2 Å². The molecule has 1 fully saturated rings. The van der Waals surface area contributed by atoms with Crippen molar-refractivity contribution in [2.45, 2.75) is 52.4 Å². The summed E-state index contributed by atoms with van der Waals surface area (Å²) in [5.41, 5.74) is -0.316. The van der Waals surface area contributed by atoms with E-state index in [1.54, 1.807) is 4.90 Å². The Morgan fingerprint density at radius 2 is 1.90 bits per heavy atom. The summed E-state index contributed by atoms with van der Waals surface area (Å²) in [5.74, 6) is -0.732. The van der Waals surface area contributed by atoms with Gasteiger partial charge >= 0.3 is 5.97 Å². The van der Waals surface area contributed by atoms with E-state index in [9.17, 15) is 9.59 Å². The lowest BCUT2D eigenvalue weighted by Crippen LogP contribution is -2.44. The predicted molar refractivity (Wildman–Crippen MR) is 76.5 cm³/mol. The van der Waals surface area contributed by atoms with Gasteiger partial charge < -0.3 is 14.7 Å². The largest absolute Gasteiger partial charge is 0.481 e. The van der Waals surface area contributed by atoms with Crippen LogP contribution in [0.1, 0.15) is 52.4 Å². The third-order valence-corrected chi connectivity index (χ3v) is 4.21. The Bertz CT molecular complexity index is 324. The van der Waals surface area contributed by atoms with E-state index < -0.39 is 5.97 Å². The van der Waals surface area contributed by atoms with E-state index >= 15 is 0 Å². The minimum atomic E-state index is -0.856. The summed E-state index contributed by atoms with van der Waals surface area (Å²) >= 11 is 0. The predicted octanol–water partition coefficient (Wildman–Crippen LogP) is 2.30. The molecule has 0 spiro atoms. The van der Waals surface area contributed by atoms with Crippen molar-refractivity contribution in [3.05, 3.63) is 0 Å². The molecule has 0 aromatic carbocycles. The number of hydrogen-bond donors (Lipinski definition) is 1. The van der Waals surface area contributed by atoms with E-state index in [-0.39, 0.29) is 17.7 Å². The third-order valence-electron chi connectivity index (χ3n) is 4.21. The number of carboxylic acids is 1. The van der Waals surface area contributed by atoms with Crippen molar-refractivity contribution >= 4 is 11.9 Å². The minimum absolute atomic E-state index is 0.0150. The van der Waals surface area contributed by atoms with Crippen molar-refractivity contribution in [3.8, 4) is 0 Å². The van der Waals surface area contributed by atoms with Crippen LogP contribution in [0.3, 0.4) is 0 Å². The average Bonchev–Trinajstić information content (AvgIpc) is 2.89. The second-order valence-electron chi connectivity index (χ2n) is 5.46. The van der Waals surface area contributed by atoms with Gasteiger partial charge in [0.2, 0.25) is 5.91 Å². The van der Waals surface area contributed by atoms with Crippen molar-refractivity contribution in [3.63, 3.8) is 0 Å². The van der Waals surface area contributed by atoms with Gasteiger partial charge in [-0.1, -0.05) is 12.8 Å². The molecule has 0 aromatic heterocycles. The summed E-state index contributed by atoms with van der Waals surface area (Å²) in [6, 6.07) is 0. The van der Waals surface area contributed by atoms with Crippen molar-refractivity contribution in [2.75, 3.05) is 26.3 Å². The Morgan fingerprint density at radius 1 is 1.25 bits per heavy atom. The molecule has 5 nitrogen and oxygen atoms in total. The van der Waals surface area contributed by atoms with Crippen LogP contribution in [0, 0.1) is 5.41 Å². The molecular formula is C15H27NO4. The highest BCUT2D eigenvalue weighted by Gasteiger charge is 2.42. The van der Waals surface area contributed by atoms with E-state index in [4.69, 9.17) is 9.84 Å². The van der Waals surface area contributed by atoms with Crippen molar-refractivity contribution in [1.82, 2.24) is 4.90 Å². The van der Waals surface area contributed by atoms with E-state index in [1.807, 2.05) is 13.8 Å². The van der Waals surface area contributed by atoms with Gasteiger partial charge in [0, 0.05) is 26.3 Å². The maximum Gasteiger partial charge on any atom is 0.305 e. The standard InChI is InChI=1S/C15H27NO4/c1-3-16(11-7-13(17)18)14(19)15(8-5-6-9-15)10-12-20-4-2/h3-12H2,1-2H3,(H,17,18). The molecule has 0 radical (unpaired) electrons. The first kappa shape index (κ1) is 17.0. The molecule has 20 heavy (non-hydrogen) atoms. The normalized spacial score (nSPS) is 17.1. The van der Waals surface area contributed by atoms with E-state index in [0.717, 1.165) is 32.1 Å². The fourth-order valence-corrected chi connectivity index (χ4v) is 3.00. The van der Waals surface area contributed by atoms with E-state index in [0.29, 0.717) is 26.3 Å². The lowest BCUT2D eigenvalue weighted by molar-refractivity contribution is -0.144. The van der Waals surface area contributed by atoms with Crippen LogP contribution in [-0.2, 0) is 14.3 Å². The van der Waals surface area contributed by atoms with Crippen molar-refractivity contribution in [2.24, 2.45) is 5.41 Å². The number of ether oxygens (including phenoxy) is 1. The van der Waals surface area contributed by atoms with Crippen LogP contribution >= 0.6 is 0 Å². The zero-order chi connectivity index (χ0) is 15.0. The Balaban J connectivity index is 2.67. The molecule has 1 aliphatic rings. The van der Waals surface area contributed by atoms with Crippen LogP contribution < -0.4 is 0 Å². The van der Waals surface area contributed by atoms with Gasteiger partial charge in [0.25, 0.3) is 0 Å². The van der Waals surface area contributed by atoms with Crippen LogP contribution in [0.5, 0.6) is 0 Å². The second kappa shape index (κ2) is 8.25. The smallest absolute Gasteiger partial charge is 0.305 e. The van der Waals surface area contributed by atoms with E-state index in [1.165, 1.54) is 0 Å². The molecule has 0 aromatic rings. The van der Waals surface area contributed by atoms with Gasteiger partial charge in [-0.3, -0.25) is 9.59 Å². The molecule has 0 heterocycles. The van der Waals surface area contributed by atoms with Gasteiger partial charge in [-0.05, 0) is 33.1 Å². The first-order valence-electron chi connectivity index (χ1n) is 7.64. The molecule has 1 amide bonds. The first-order chi connectivity index (χ1) is 9.55. The highest BCUT2D eigenvalue weighted by atomic mass is 16.5. The number of carboxylic acid groups (broad SMARTS) is 1. The van der Waals surface area contributed by atoms with Crippen LogP contribution in [0.2, 0.25) is 0 Å². The average molecular weight is 285 g/mol. The summed E-state index contributed by atoms with van der Waals surface area (Å²) in [6.07, 6.45) is 4.73.